The monoisotopic (exact) mass is 501 g/mol. The zero-order chi connectivity index (χ0) is 26.5. The molecular formula is C29H31N3O5. The maximum absolute atomic E-state index is 13.2. The third kappa shape index (κ3) is 6.09. The lowest BCUT2D eigenvalue weighted by atomic mass is 9.95. The van der Waals surface area contributed by atoms with E-state index in [1.54, 1.807) is 23.1 Å². The highest BCUT2D eigenvalue weighted by Gasteiger charge is 2.26. The molecule has 3 amide bonds. The van der Waals surface area contributed by atoms with Crippen LogP contribution in [0, 0.1) is 6.92 Å². The van der Waals surface area contributed by atoms with Crippen molar-refractivity contribution >= 4 is 35.0 Å². The number of aryl methyl sites for hydroxylation is 1. The van der Waals surface area contributed by atoms with Crippen LogP contribution in [-0.2, 0) is 22.4 Å². The van der Waals surface area contributed by atoms with Gasteiger partial charge in [-0.3, -0.25) is 9.59 Å². The lowest BCUT2D eigenvalue weighted by molar-refractivity contribution is -0.137. The molecule has 0 bridgehead atoms. The molecule has 37 heavy (non-hydrogen) atoms. The number of aliphatic carboxylic acids is 1. The molecule has 1 aliphatic rings. The van der Waals surface area contributed by atoms with E-state index >= 15 is 0 Å². The van der Waals surface area contributed by atoms with Gasteiger partial charge in [-0.15, -0.1) is 0 Å². The average molecular weight is 502 g/mol. The molecule has 3 N–H and O–H groups in total. The molecule has 3 aromatic carbocycles. The fraction of sp³-hybridized carbons (Fsp3) is 0.276. The zero-order valence-corrected chi connectivity index (χ0v) is 21.2. The van der Waals surface area contributed by atoms with Crippen molar-refractivity contribution < 1.29 is 24.2 Å². The van der Waals surface area contributed by atoms with Crippen LogP contribution in [0.2, 0.25) is 0 Å². The Kier molecular flexibility index (Phi) is 7.77. The number of para-hydroxylation sites is 1. The Morgan fingerprint density at radius 2 is 1.78 bits per heavy atom. The van der Waals surface area contributed by atoms with E-state index in [0.29, 0.717) is 18.0 Å². The smallest absolute Gasteiger partial charge is 0.323 e. The van der Waals surface area contributed by atoms with Crippen molar-refractivity contribution in [2.75, 3.05) is 29.2 Å². The topological polar surface area (TPSA) is 108 Å². The summed E-state index contributed by atoms with van der Waals surface area (Å²) in [5.74, 6) is -0.492. The Balaban J connectivity index is 1.42. The Bertz CT molecular complexity index is 1340. The molecule has 1 heterocycles. The number of urea groups is 1. The van der Waals surface area contributed by atoms with Crippen LogP contribution in [0.4, 0.5) is 21.9 Å². The van der Waals surface area contributed by atoms with Crippen molar-refractivity contribution in [1.82, 2.24) is 0 Å². The number of methoxy groups -OCH3 is 1. The second kappa shape index (κ2) is 11.2. The van der Waals surface area contributed by atoms with Crippen LogP contribution in [0.5, 0.6) is 5.75 Å². The molecule has 0 aromatic heterocycles. The Hall–Kier alpha value is -4.33. The molecule has 192 valence electrons. The molecule has 1 atom stereocenters. The van der Waals surface area contributed by atoms with Gasteiger partial charge >= 0.3 is 12.0 Å². The Morgan fingerprint density at radius 1 is 1.03 bits per heavy atom. The number of rotatable bonds is 8. The summed E-state index contributed by atoms with van der Waals surface area (Å²) in [5, 5.41) is 14.7. The molecule has 0 spiro atoms. The molecule has 3 aromatic rings. The predicted octanol–water partition coefficient (Wildman–Crippen LogP) is 5.36. The minimum Gasteiger partial charge on any atom is -0.495 e. The van der Waals surface area contributed by atoms with Crippen molar-refractivity contribution in [1.29, 1.82) is 0 Å². The molecule has 0 aliphatic carbocycles. The second-order valence-corrected chi connectivity index (χ2v) is 9.29. The SMILES string of the molecule is COc1cc(CC(=O)N2CCc3cc([C@H](C)CC(=O)O)ccc32)ccc1NC(=O)Nc1ccccc1C. The Labute approximate surface area is 216 Å². The number of nitrogens with zero attached hydrogens (tertiary/aromatic N) is 1. The number of carboxylic acid groups (broad SMARTS) is 1. The highest BCUT2D eigenvalue weighted by atomic mass is 16.5. The number of carbonyl (C=O) groups is 3. The average Bonchev–Trinajstić information content (AvgIpc) is 3.29. The summed E-state index contributed by atoms with van der Waals surface area (Å²) in [6.45, 7) is 4.40. The van der Waals surface area contributed by atoms with Crippen molar-refractivity contribution in [3.8, 4) is 5.75 Å². The van der Waals surface area contributed by atoms with Gasteiger partial charge < -0.3 is 25.4 Å². The first-order valence-corrected chi connectivity index (χ1v) is 12.2. The lowest BCUT2D eigenvalue weighted by Crippen LogP contribution is -2.30. The number of carboxylic acids is 1. The fourth-order valence-electron chi connectivity index (χ4n) is 4.57. The van der Waals surface area contributed by atoms with E-state index in [4.69, 9.17) is 9.84 Å². The number of carbonyl (C=O) groups excluding carboxylic acids is 2. The molecule has 8 nitrogen and oxygen atoms in total. The normalized spacial score (nSPS) is 13.0. The third-order valence-electron chi connectivity index (χ3n) is 6.61. The minimum atomic E-state index is -0.826. The van der Waals surface area contributed by atoms with E-state index in [1.165, 1.54) is 7.11 Å². The van der Waals surface area contributed by atoms with E-state index in [9.17, 15) is 14.4 Å². The highest BCUT2D eigenvalue weighted by Crippen LogP contribution is 2.33. The van der Waals surface area contributed by atoms with E-state index in [2.05, 4.69) is 10.6 Å². The van der Waals surface area contributed by atoms with Crippen molar-refractivity contribution in [2.24, 2.45) is 0 Å². The summed E-state index contributed by atoms with van der Waals surface area (Å²) < 4.78 is 5.48. The summed E-state index contributed by atoms with van der Waals surface area (Å²) in [7, 11) is 1.52. The molecular weight excluding hydrogens is 470 g/mol. The molecule has 0 radical (unpaired) electrons. The van der Waals surface area contributed by atoms with E-state index in [-0.39, 0.29) is 30.7 Å². The summed E-state index contributed by atoms with van der Waals surface area (Å²) in [5.41, 5.74) is 5.83. The molecule has 0 unspecified atom stereocenters. The lowest BCUT2D eigenvalue weighted by Gasteiger charge is -2.19. The predicted molar refractivity (Wildman–Crippen MR) is 144 cm³/mol. The molecule has 4 rings (SSSR count). The molecule has 0 fully saturated rings. The van der Waals surface area contributed by atoms with Gasteiger partial charge in [-0.05, 0) is 65.8 Å². The van der Waals surface area contributed by atoms with Gasteiger partial charge in [-0.2, -0.15) is 0 Å². The first kappa shape index (κ1) is 25.8. The minimum absolute atomic E-state index is 0.0369. The number of fused-ring (bicyclic) bond motifs is 1. The number of hydrogen-bond donors (Lipinski definition) is 3. The first-order chi connectivity index (χ1) is 17.7. The molecule has 8 heteroatoms. The largest absolute Gasteiger partial charge is 0.495 e. The van der Waals surface area contributed by atoms with Crippen molar-refractivity contribution in [3.63, 3.8) is 0 Å². The third-order valence-corrected chi connectivity index (χ3v) is 6.61. The second-order valence-electron chi connectivity index (χ2n) is 9.29. The van der Waals surface area contributed by atoms with Crippen LogP contribution in [0.1, 0.15) is 41.5 Å². The maximum atomic E-state index is 13.2. The highest BCUT2D eigenvalue weighted by molar-refractivity contribution is 6.01. The van der Waals surface area contributed by atoms with Crippen LogP contribution >= 0.6 is 0 Å². The Morgan fingerprint density at radius 3 is 2.51 bits per heavy atom. The van der Waals surface area contributed by atoms with Crippen LogP contribution in [0.15, 0.2) is 60.7 Å². The van der Waals surface area contributed by atoms with E-state index < -0.39 is 5.97 Å². The zero-order valence-electron chi connectivity index (χ0n) is 21.2. The maximum Gasteiger partial charge on any atom is 0.323 e. The summed E-state index contributed by atoms with van der Waals surface area (Å²) in [6.07, 6.45) is 0.987. The van der Waals surface area contributed by atoms with E-state index in [0.717, 1.165) is 40.0 Å². The standard InChI is InChI=1S/C29H31N3O5/c1-18-6-4-5-7-23(18)30-29(36)31-24-10-8-20(15-26(24)37-3)16-27(33)32-13-12-22-17-21(9-11-25(22)32)19(2)14-28(34)35/h4-11,15,17,19H,12-14,16H2,1-3H3,(H,34,35)(H2,30,31,36)/t19-/m1/s1. The number of anilines is 3. The van der Waals surface area contributed by atoms with Gasteiger partial charge in [-0.25, -0.2) is 4.79 Å². The summed E-state index contributed by atoms with van der Waals surface area (Å²) in [4.78, 5) is 38.5. The van der Waals surface area contributed by atoms with Crippen molar-refractivity contribution in [3.05, 3.63) is 82.9 Å². The number of amides is 3. The van der Waals surface area contributed by atoms with Crippen LogP contribution in [0.25, 0.3) is 0 Å². The fourth-order valence-corrected chi connectivity index (χ4v) is 4.57. The van der Waals surface area contributed by atoms with Crippen molar-refractivity contribution in [2.45, 2.75) is 39.0 Å². The summed E-state index contributed by atoms with van der Waals surface area (Å²) >= 11 is 0. The number of benzene rings is 3. The molecule has 1 aliphatic heterocycles. The quantitative estimate of drug-likeness (QED) is 0.385. The van der Waals surface area contributed by atoms with Gasteiger partial charge in [0.1, 0.15) is 5.75 Å². The van der Waals surface area contributed by atoms with Gasteiger partial charge in [0.25, 0.3) is 0 Å². The summed E-state index contributed by atoms with van der Waals surface area (Å²) in [6, 6.07) is 18.2. The number of ether oxygens (including phenoxy) is 1. The van der Waals surface area contributed by atoms with Gasteiger partial charge in [0.15, 0.2) is 0 Å². The van der Waals surface area contributed by atoms with Gasteiger partial charge in [0.05, 0.1) is 25.6 Å². The van der Waals surface area contributed by atoms with Crippen LogP contribution < -0.4 is 20.3 Å². The van der Waals surface area contributed by atoms with Crippen LogP contribution in [-0.4, -0.2) is 36.7 Å². The molecule has 0 saturated carbocycles. The van der Waals surface area contributed by atoms with Gasteiger partial charge in [0.2, 0.25) is 5.91 Å². The van der Waals surface area contributed by atoms with E-state index in [1.807, 2.05) is 56.3 Å². The van der Waals surface area contributed by atoms with Gasteiger partial charge in [0, 0.05) is 17.9 Å². The molecule has 0 saturated heterocycles. The first-order valence-electron chi connectivity index (χ1n) is 12.2. The number of nitrogens with one attached hydrogen (secondary N) is 2. The van der Waals surface area contributed by atoms with Gasteiger partial charge in [-0.1, -0.05) is 43.3 Å². The van der Waals surface area contributed by atoms with Crippen LogP contribution in [0.3, 0.4) is 0 Å². The number of hydrogen-bond acceptors (Lipinski definition) is 4.